The molecule has 1 aliphatic heterocycles. The molecule has 1 saturated heterocycles. The normalized spacial score (nSPS) is 21.7. The van der Waals surface area contributed by atoms with Crippen LogP contribution in [-0.2, 0) is 37.7 Å². The van der Waals surface area contributed by atoms with Crippen molar-refractivity contribution in [2.45, 2.75) is 71.1 Å². The Hall–Kier alpha value is -3.72. The summed E-state index contributed by atoms with van der Waals surface area (Å²) in [5.41, 5.74) is -1.20. The highest BCUT2D eigenvalue weighted by Crippen LogP contribution is 2.48. The first-order chi connectivity index (χ1) is 19.6. The second-order valence-corrected chi connectivity index (χ2v) is 11.1. The molecular weight excluding hydrogens is 585 g/mol. The number of alkyl halides is 2. The Morgan fingerprint density at radius 1 is 1.14 bits per heavy atom. The van der Waals surface area contributed by atoms with Crippen molar-refractivity contribution < 1.29 is 51.0 Å². The summed E-state index contributed by atoms with van der Waals surface area (Å²) in [6.07, 6.45) is -5.97. The van der Waals surface area contributed by atoms with E-state index in [1.807, 2.05) is 0 Å². The molecule has 1 aliphatic rings. The van der Waals surface area contributed by atoms with Gasteiger partial charge in [-0.2, -0.15) is 18.9 Å². The van der Waals surface area contributed by atoms with E-state index in [1.54, 1.807) is 32.0 Å². The minimum atomic E-state index is -4.51. The topological polar surface area (TPSA) is 173 Å². The molecule has 17 heteroatoms. The van der Waals surface area contributed by atoms with Crippen LogP contribution in [0.5, 0.6) is 5.75 Å². The van der Waals surface area contributed by atoms with E-state index in [2.05, 4.69) is 15.4 Å². The van der Waals surface area contributed by atoms with Gasteiger partial charge in [0.25, 0.3) is 0 Å². The van der Waals surface area contributed by atoms with Gasteiger partial charge in [-0.1, -0.05) is 18.2 Å². The first-order valence-electron chi connectivity index (χ1n) is 12.7. The monoisotopic (exact) mass is 616 g/mol. The van der Waals surface area contributed by atoms with Crippen LogP contribution in [0.1, 0.15) is 40.8 Å². The number of carbonyl (C=O) groups is 3. The van der Waals surface area contributed by atoms with Gasteiger partial charge < -0.3 is 24.1 Å². The van der Waals surface area contributed by atoms with Crippen LogP contribution in [-0.4, -0.2) is 64.3 Å². The highest BCUT2D eigenvalue weighted by Gasteiger charge is 2.62. The molecule has 3 rings (SSSR count). The number of anilines is 1. The van der Waals surface area contributed by atoms with Crippen molar-refractivity contribution in [3.63, 3.8) is 0 Å². The molecule has 230 valence electrons. The minimum Gasteiger partial charge on any atom is -0.462 e. The second kappa shape index (κ2) is 13.5. The van der Waals surface area contributed by atoms with Gasteiger partial charge in [0, 0.05) is 20.0 Å². The molecule has 42 heavy (non-hydrogen) atoms. The van der Waals surface area contributed by atoms with E-state index in [-0.39, 0.29) is 11.6 Å². The number of nitrogens with one attached hydrogen (secondary N) is 2. The summed E-state index contributed by atoms with van der Waals surface area (Å²) in [6, 6.07) is 7.55. The molecule has 0 spiro atoms. The third kappa shape index (κ3) is 8.41. The fraction of sp³-hybridized carbons (Fsp3) is 0.480. The van der Waals surface area contributed by atoms with E-state index >= 15 is 8.78 Å². The van der Waals surface area contributed by atoms with Crippen LogP contribution in [0.4, 0.5) is 14.6 Å². The van der Waals surface area contributed by atoms with Gasteiger partial charge >= 0.3 is 31.3 Å². The molecule has 14 nitrogen and oxygen atoms in total. The lowest BCUT2D eigenvalue weighted by molar-refractivity contribution is -0.174. The van der Waals surface area contributed by atoms with Crippen molar-refractivity contribution in [1.82, 2.24) is 14.6 Å². The van der Waals surface area contributed by atoms with Crippen LogP contribution in [0, 0.1) is 0 Å². The number of para-hydroxylation sites is 1. The Kier molecular flexibility index (Phi) is 10.5. The Morgan fingerprint density at radius 2 is 1.81 bits per heavy atom. The fourth-order valence-corrected chi connectivity index (χ4v) is 5.28. The number of benzene rings is 1. The number of aromatic nitrogens is 2. The summed E-state index contributed by atoms with van der Waals surface area (Å²) in [6.45, 7) is 5.70. The lowest BCUT2D eigenvalue weighted by Crippen LogP contribution is -2.44. The SMILES string of the molecule is CC(=O)Nc1ccn([C@@H]2O[C@H](COP(=O)(N[C@@H](C)C(=O)OC(C)C)Oc3ccccc3)[C@@H](OC(C)=O)C2(F)F)c(=O)n1. The number of esters is 2. The summed E-state index contributed by atoms with van der Waals surface area (Å²) in [5.74, 6) is -6.56. The summed E-state index contributed by atoms with van der Waals surface area (Å²) >= 11 is 0. The van der Waals surface area contributed by atoms with E-state index in [4.69, 9.17) is 23.3 Å². The molecule has 2 heterocycles. The highest BCUT2D eigenvalue weighted by atomic mass is 31.2. The summed E-state index contributed by atoms with van der Waals surface area (Å²) in [4.78, 5) is 51.4. The van der Waals surface area contributed by atoms with E-state index in [0.29, 0.717) is 4.57 Å². The number of carbonyl (C=O) groups excluding carboxylic acids is 3. The predicted octanol–water partition coefficient (Wildman–Crippen LogP) is 2.80. The summed E-state index contributed by atoms with van der Waals surface area (Å²) < 4.78 is 71.6. The zero-order valence-corrected chi connectivity index (χ0v) is 24.2. The summed E-state index contributed by atoms with van der Waals surface area (Å²) in [7, 11) is -4.51. The van der Waals surface area contributed by atoms with Crippen molar-refractivity contribution in [2.75, 3.05) is 11.9 Å². The molecule has 1 fully saturated rings. The summed E-state index contributed by atoms with van der Waals surface area (Å²) in [5, 5.41) is 4.66. The van der Waals surface area contributed by atoms with Gasteiger partial charge in [0.15, 0.2) is 6.10 Å². The molecule has 2 N–H and O–H groups in total. The Morgan fingerprint density at radius 3 is 2.38 bits per heavy atom. The molecule has 2 aromatic rings. The number of hydrogen-bond donors (Lipinski definition) is 2. The number of rotatable bonds is 12. The van der Waals surface area contributed by atoms with E-state index < -0.39 is 74.4 Å². The van der Waals surface area contributed by atoms with Crippen molar-refractivity contribution in [3.05, 3.63) is 53.1 Å². The van der Waals surface area contributed by atoms with Crippen molar-refractivity contribution >= 4 is 31.4 Å². The standard InChI is InChI=1S/C25H31F2N4O10P/c1-14(2)38-22(34)15(3)30-42(36,41-18-9-7-6-8-10-18)37-13-19-21(39-17(5)33)25(26,27)23(40-19)31-12-11-20(28-16(4)32)29-24(31)35/h6-12,14-15,19,21,23H,13H2,1-5H3,(H,30,36)(H,28,29,32,35)/t15-,19+,21+,23+,42?/m0/s1. The molecule has 0 radical (unpaired) electrons. The van der Waals surface area contributed by atoms with Gasteiger partial charge in [0.2, 0.25) is 12.1 Å². The van der Waals surface area contributed by atoms with Crippen molar-refractivity contribution in [3.8, 4) is 5.75 Å². The third-order valence-corrected chi connectivity index (χ3v) is 7.11. The number of nitrogens with zero attached hydrogens (tertiary/aromatic N) is 2. The van der Waals surface area contributed by atoms with Gasteiger partial charge in [-0.15, -0.1) is 0 Å². The average Bonchev–Trinajstić information content (AvgIpc) is 3.11. The third-order valence-electron chi connectivity index (χ3n) is 5.46. The number of hydrogen-bond acceptors (Lipinski definition) is 11. The smallest absolute Gasteiger partial charge is 0.459 e. The largest absolute Gasteiger partial charge is 0.462 e. The minimum absolute atomic E-state index is 0.0572. The van der Waals surface area contributed by atoms with Gasteiger partial charge in [0.05, 0.1) is 12.7 Å². The number of ether oxygens (including phenoxy) is 3. The van der Waals surface area contributed by atoms with Crippen molar-refractivity contribution in [1.29, 1.82) is 0 Å². The lowest BCUT2D eigenvalue weighted by Gasteiger charge is -2.26. The Labute approximate surface area is 239 Å². The zero-order chi connectivity index (χ0) is 31.2. The maximum Gasteiger partial charge on any atom is 0.459 e. The molecule has 1 amide bonds. The van der Waals surface area contributed by atoms with Gasteiger partial charge in [-0.3, -0.25) is 23.5 Å². The molecular formula is C25H31F2N4O10P. The zero-order valence-electron chi connectivity index (χ0n) is 23.3. The highest BCUT2D eigenvalue weighted by molar-refractivity contribution is 7.52. The van der Waals surface area contributed by atoms with E-state index in [1.165, 1.54) is 26.0 Å². The molecule has 0 aliphatic carbocycles. The van der Waals surface area contributed by atoms with Crippen LogP contribution in [0.2, 0.25) is 0 Å². The molecule has 0 saturated carbocycles. The Bertz CT molecular complexity index is 1390. The van der Waals surface area contributed by atoms with Gasteiger partial charge in [-0.05, 0) is 39.0 Å². The van der Waals surface area contributed by atoms with Gasteiger partial charge in [0.1, 0.15) is 23.7 Å². The second-order valence-electron chi connectivity index (χ2n) is 9.45. The van der Waals surface area contributed by atoms with Gasteiger partial charge in [-0.25, -0.2) is 9.36 Å². The average molecular weight is 617 g/mol. The molecule has 1 aromatic carbocycles. The maximum atomic E-state index is 15.6. The van der Waals surface area contributed by atoms with Crippen LogP contribution in [0.3, 0.4) is 0 Å². The quantitative estimate of drug-likeness (QED) is 0.264. The fourth-order valence-electron chi connectivity index (χ4n) is 3.77. The number of amides is 1. The van der Waals surface area contributed by atoms with Crippen LogP contribution >= 0.6 is 7.75 Å². The first kappa shape index (κ1) is 32.8. The lowest BCUT2D eigenvalue weighted by atomic mass is 10.1. The molecule has 1 unspecified atom stereocenters. The Balaban J connectivity index is 1.89. The first-order valence-corrected chi connectivity index (χ1v) is 14.2. The predicted molar refractivity (Wildman–Crippen MR) is 142 cm³/mol. The molecule has 5 atom stereocenters. The molecule has 1 aromatic heterocycles. The number of halogens is 2. The van der Waals surface area contributed by atoms with Crippen LogP contribution in [0.25, 0.3) is 0 Å². The van der Waals surface area contributed by atoms with E-state index in [9.17, 15) is 23.7 Å². The van der Waals surface area contributed by atoms with Crippen molar-refractivity contribution in [2.24, 2.45) is 0 Å². The van der Waals surface area contributed by atoms with Crippen LogP contribution in [0.15, 0.2) is 47.4 Å². The molecule has 0 bridgehead atoms. The maximum absolute atomic E-state index is 15.6. The van der Waals surface area contributed by atoms with Crippen LogP contribution < -0.4 is 20.6 Å². The van der Waals surface area contributed by atoms with E-state index in [0.717, 1.165) is 19.2 Å².